The van der Waals surface area contributed by atoms with Gasteiger partial charge in [-0.05, 0) is 60.7 Å². The van der Waals surface area contributed by atoms with E-state index in [4.69, 9.17) is 31.3 Å². The Labute approximate surface area is 290 Å². The number of amidine groups is 1. The molecule has 7 rings (SSSR count). The van der Waals surface area contributed by atoms with Crippen molar-refractivity contribution in [2.24, 2.45) is 4.99 Å². The maximum Gasteiger partial charge on any atom is 0.338 e. The Morgan fingerprint density at radius 2 is 1.86 bits per heavy atom. The van der Waals surface area contributed by atoms with Crippen LogP contribution in [0.1, 0.15) is 22.2 Å². The van der Waals surface area contributed by atoms with Gasteiger partial charge in [0.15, 0.2) is 10.8 Å². The summed E-state index contributed by atoms with van der Waals surface area (Å²) in [7, 11) is 1.31. The Morgan fingerprint density at radius 1 is 1.10 bits per heavy atom. The van der Waals surface area contributed by atoms with Gasteiger partial charge in [-0.3, -0.25) is 14.8 Å². The van der Waals surface area contributed by atoms with Gasteiger partial charge in [-0.2, -0.15) is 5.26 Å². The van der Waals surface area contributed by atoms with E-state index >= 15 is 0 Å². The number of fused-ring (bicyclic) bond motifs is 1. The van der Waals surface area contributed by atoms with E-state index in [0.29, 0.717) is 71.9 Å². The number of amides is 2. The van der Waals surface area contributed by atoms with Crippen molar-refractivity contribution < 1.29 is 23.5 Å². The highest BCUT2D eigenvalue weighted by Gasteiger charge is 2.42. The largest absolute Gasteiger partial charge is 0.466 e. The third kappa shape index (κ3) is 6.58. The molecule has 11 nitrogen and oxygen atoms in total. The molecule has 2 atom stereocenters. The van der Waals surface area contributed by atoms with Crippen molar-refractivity contribution in [3.05, 3.63) is 117 Å². The Balaban J connectivity index is 1.10. The first kappa shape index (κ1) is 32.3. The first-order valence-corrected chi connectivity index (χ1v) is 16.7. The highest BCUT2D eigenvalue weighted by Crippen LogP contribution is 2.37. The molecule has 248 valence electrons. The third-order valence-corrected chi connectivity index (χ3v) is 9.72. The fourth-order valence-corrected chi connectivity index (χ4v) is 7.11. The summed E-state index contributed by atoms with van der Waals surface area (Å²) in [6.45, 7) is 2.46. The molecule has 0 radical (unpaired) electrons. The second-order valence-corrected chi connectivity index (χ2v) is 12.9. The summed E-state index contributed by atoms with van der Waals surface area (Å²) in [6.07, 6.45) is 1.67. The number of benzene rings is 3. The van der Waals surface area contributed by atoms with Crippen LogP contribution in [0.4, 0.5) is 14.9 Å². The van der Waals surface area contributed by atoms with Crippen LogP contribution in [0, 0.1) is 17.1 Å². The van der Waals surface area contributed by atoms with E-state index in [9.17, 15) is 14.0 Å². The molecule has 14 heteroatoms. The third-order valence-electron chi connectivity index (χ3n) is 8.61. The van der Waals surface area contributed by atoms with Gasteiger partial charge in [0.25, 0.3) is 0 Å². The number of ether oxygens (including phenoxy) is 2. The van der Waals surface area contributed by atoms with Crippen LogP contribution in [0.15, 0.2) is 94.6 Å². The van der Waals surface area contributed by atoms with Crippen LogP contribution in [0.2, 0.25) is 5.02 Å². The lowest BCUT2D eigenvalue weighted by atomic mass is 9.95. The van der Waals surface area contributed by atoms with Crippen LogP contribution in [0.3, 0.4) is 0 Å². The predicted octanol–water partition coefficient (Wildman–Crippen LogP) is 5.74. The molecular formula is C35H29ClFN7O4S. The summed E-state index contributed by atoms with van der Waals surface area (Å²) in [5.74, 6) is 0.606. The van der Waals surface area contributed by atoms with Crippen LogP contribution in [-0.4, -0.2) is 78.5 Å². The molecule has 3 aliphatic heterocycles. The number of methoxy groups -OCH3 is 1. The van der Waals surface area contributed by atoms with Gasteiger partial charge >= 0.3 is 12.0 Å². The summed E-state index contributed by atoms with van der Waals surface area (Å²) in [6, 6.07) is 19.3. The van der Waals surface area contributed by atoms with E-state index in [-0.39, 0.29) is 22.7 Å². The Bertz CT molecular complexity index is 2000. The number of nitrogens with zero attached hydrogens (tertiary/aromatic N) is 6. The zero-order chi connectivity index (χ0) is 34.1. The van der Waals surface area contributed by atoms with Gasteiger partial charge in [0.2, 0.25) is 0 Å². The molecule has 3 aliphatic rings. The summed E-state index contributed by atoms with van der Waals surface area (Å²) >= 11 is 7.89. The van der Waals surface area contributed by atoms with Crippen LogP contribution in [-0.2, 0) is 9.53 Å². The number of aromatic nitrogens is 1. The molecule has 2 fully saturated rings. The van der Waals surface area contributed by atoms with Gasteiger partial charge in [0.1, 0.15) is 23.4 Å². The Hall–Kier alpha value is -5.29. The summed E-state index contributed by atoms with van der Waals surface area (Å²) < 4.78 is 25.1. The minimum atomic E-state index is -0.857. The number of piperazine rings is 1. The number of carbonyl (C=O) groups is 2. The number of urea groups is 1. The molecule has 2 saturated heterocycles. The number of nitriles is 1. The molecule has 2 amide bonds. The predicted molar refractivity (Wildman–Crippen MR) is 182 cm³/mol. The average molecular weight is 698 g/mol. The Morgan fingerprint density at radius 3 is 2.53 bits per heavy atom. The van der Waals surface area contributed by atoms with E-state index < -0.39 is 17.8 Å². The van der Waals surface area contributed by atoms with E-state index in [1.54, 1.807) is 35.4 Å². The van der Waals surface area contributed by atoms with Crippen LogP contribution >= 0.6 is 22.9 Å². The highest BCUT2D eigenvalue weighted by atomic mass is 35.5. The number of carbonyl (C=O) groups excluding carboxylic acids is 2. The van der Waals surface area contributed by atoms with Crippen LogP contribution in [0.5, 0.6) is 11.5 Å². The van der Waals surface area contributed by atoms with E-state index in [2.05, 4.69) is 21.3 Å². The molecule has 49 heavy (non-hydrogen) atoms. The molecule has 0 spiro atoms. The van der Waals surface area contributed by atoms with Gasteiger partial charge in [-0.25, -0.2) is 19.0 Å². The molecule has 0 bridgehead atoms. The lowest BCUT2D eigenvalue weighted by Gasteiger charge is -2.38. The summed E-state index contributed by atoms with van der Waals surface area (Å²) in [5, 5.41) is 14.9. The number of nitrogens with one attached hydrogen (secondary N) is 1. The van der Waals surface area contributed by atoms with Gasteiger partial charge in [-0.1, -0.05) is 17.7 Å². The number of esters is 1. The SMILES string of the molecule is COC(=O)C1=C(CN2CCN3C(=O)N(c4ccc(Oc5ccc(C#N)cc5)cc4)C[C@@H]3C2)NC(c2nccs2)=N[C@H]1c1ccc(F)cc1Cl. The standard InChI is InChI=1S/C35H29ClFN7O4S/c1-47-34(45)30-29(40-32(33-39-12-15-49-33)41-31(30)27-11-4-22(37)16-28(27)36)20-42-13-14-43-24(18-42)19-44(35(43)46)23-5-9-26(10-6-23)48-25-7-2-21(17-38)3-8-25/h2-12,15-16,24,31H,13-14,18-20H2,1H3,(H,40,41)/t24-,31-/m0/s1. The van der Waals surface area contributed by atoms with Crippen molar-refractivity contribution >= 4 is 46.5 Å². The molecule has 0 unspecified atom stereocenters. The smallest absolute Gasteiger partial charge is 0.338 e. The molecule has 4 heterocycles. The molecule has 4 aromatic rings. The van der Waals surface area contributed by atoms with E-state index in [1.807, 2.05) is 34.5 Å². The number of halogens is 2. The topological polar surface area (TPSA) is 123 Å². The second-order valence-electron chi connectivity index (χ2n) is 11.6. The van der Waals surface area contributed by atoms with Crippen molar-refractivity contribution in [3.63, 3.8) is 0 Å². The van der Waals surface area contributed by atoms with E-state index in [0.717, 1.165) is 5.69 Å². The number of hydrogen-bond donors (Lipinski definition) is 1. The van der Waals surface area contributed by atoms with Gasteiger partial charge in [0, 0.05) is 66.3 Å². The molecule has 3 aromatic carbocycles. The number of thiazole rings is 1. The van der Waals surface area contributed by atoms with Crippen molar-refractivity contribution in [2.45, 2.75) is 12.1 Å². The maximum absolute atomic E-state index is 14.0. The van der Waals surface area contributed by atoms with E-state index in [1.165, 1.54) is 36.6 Å². The zero-order valence-corrected chi connectivity index (χ0v) is 27.7. The number of aliphatic imine (C=N–C) groups is 1. The first-order chi connectivity index (χ1) is 23.8. The molecule has 0 saturated carbocycles. The molecule has 1 aromatic heterocycles. The minimum Gasteiger partial charge on any atom is -0.466 e. The van der Waals surface area contributed by atoms with Gasteiger partial charge in [0.05, 0.1) is 30.4 Å². The molecule has 0 aliphatic carbocycles. The van der Waals surface area contributed by atoms with Crippen molar-refractivity contribution in [3.8, 4) is 17.6 Å². The van der Waals surface area contributed by atoms with Crippen LogP contribution < -0.4 is 15.0 Å². The molecular weight excluding hydrogens is 669 g/mol. The first-order valence-electron chi connectivity index (χ1n) is 15.4. The quantitative estimate of drug-likeness (QED) is 0.231. The minimum absolute atomic E-state index is 0.0696. The van der Waals surface area contributed by atoms with Crippen molar-refractivity contribution in [1.82, 2.24) is 20.1 Å². The lowest BCUT2D eigenvalue weighted by molar-refractivity contribution is -0.136. The number of anilines is 1. The highest BCUT2D eigenvalue weighted by molar-refractivity contribution is 7.11. The Kier molecular flexibility index (Phi) is 9.01. The summed E-state index contributed by atoms with van der Waals surface area (Å²) in [5.41, 5.74) is 2.61. The fraction of sp³-hybridized carbons (Fsp3) is 0.229. The fourth-order valence-electron chi connectivity index (χ4n) is 6.25. The maximum atomic E-state index is 14.0. The summed E-state index contributed by atoms with van der Waals surface area (Å²) in [4.78, 5) is 41.9. The molecule has 1 N–H and O–H groups in total. The van der Waals surface area contributed by atoms with Crippen molar-refractivity contribution in [1.29, 1.82) is 5.26 Å². The van der Waals surface area contributed by atoms with Crippen LogP contribution in [0.25, 0.3) is 0 Å². The average Bonchev–Trinajstić information content (AvgIpc) is 3.77. The van der Waals surface area contributed by atoms with Crippen molar-refractivity contribution in [2.75, 3.05) is 44.7 Å². The van der Waals surface area contributed by atoms with Gasteiger partial charge < -0.3 is 19.7 Å². The number of rotatable bonds is 8. The normalized spacial score (nSPS) is 19.2. The monoisotopic (exact) mass is 697 g/mol. The number of hydrogen-bond acceptors (Lipinski definition) is 10. The second kappa shape index (κ2) is 13.7. The zero-order valence-electron chi connectivity index (χ0n) is 26.2. The lowest BCUT2D eigenvalue weighted by Crippen LogP contribution is -2.53. The van der Waals surface area contributed by atoms with Gasteiger partial charge in [-0.15, -0.1) is 11.3 Å².